The summed E-state index contributed by atoms with van der Waals surface area (Å²) < 4.78 is 16.7. The molecular formula is C24H22N2O4. The van der Waals surface area contributed by atoms with E-state index in [9.17, 15) is 4.79 Å². The molecule has 1 aromatic heterocycles. The Morgan fingerprint density at radius 1 is 0.967 bits per heavy atom. The van der Waals surface area contributed by atoms with Crippen LogP contribution in [0.2, 0.25) is 0 Å². The van der Waals surface area contributed by atoms with E-state index in [0.29, 0.717) is 47.2 Å². The lowest BCUT2D eigenvalue weighted by Gasteiger charge is -2.13. The molecule has 0 aliphatic heterocycles. The first-order valence-corrected chi connectivity index (χ1v) is 9.85. The van der Waals surface area contributed by atoms with Gasteiger partial charge in [-0.15, -0.1) is 0 Å². The number of anilines is 1. The lowest BCUT2D eigenvalue weighted by Crippen LogP contribution is -2.13. The number of amides is 1. The van der Waals surface area contributed by atoms with Crippen molar-refractivity contribution in [1.29, 1.82) is 0 Å². The largest absolute Gasteiger partial charge is 0.494 e. The van der Waals surface area contributed by atoms with Gasteiger partial charge in [0.1, 0.15) is 17.0 Å². The van der Waals surface area contributed by atoms with E-state index in [1.807, 2.05) is 50.2 Å². The van der Waals surface area contributed by atoms with E-state index in [1.54, 1.807) is 30.3 Å². The predicted molar refractivity (Wildman–Crippen MR) is 116 cm³/mol. The quantitative estimate of drug-likeness (QED) is 0.439. The highest BCUT2D eigenvalue weighted by molar-refractivity contribution is 6.08. The van der Waals surface area contributed by atoms with E-state index in [4.69, 9.17) is 14.0 Å². The van der Waals surface area contributed by atoms with Gasteiger partial charge in [-0.3, -0.25) is 4.79 Å². The molecule has 1 N–H and O–H groups in total. The molecule has 0 aliphatic carbocycles. The van der Waals surface area contributed by atoms with Gasteiger partial charge in [0.15, 0.2) is 5.76 Å². The van der Waals surface area contributed by atoms with Crippen molar-refractivity contribution in [3.63, 3.8) is 0 Å². The fraction of sp³-hybridized carbons (Fsp3) is 0.167. The standard InChI is InChI=1S/C24H22N2O4/c1-3-28-18-11-13-22(29-4-2)21(15-18)25-24(27)17-10-12-20-19(14-17)23(30-26-20)16-8-6-5-7-9-16/h5-15H,3-4H2,1-2H3,(H,25,27). The fourth-order valence-electron chi connectivity index (χ4n) is 3.22. The first-order valence-electron chi connectivity index (χ1n) is 9.85. The van der Waals surface area contributed by atoms with Gasteiger partial charge in [0.25, 0.3) is 5.91 Å². The van der Waals surface area contributed by atoms with Crippen molar-refractivity contribution in [3.8, 4) is 22.8 Å². The van der Waals surface area contributed by atoms with Crippen LogP contribution in [-0.2, 0) is 0 Å². The average molecular weight is 402 g/mol. The summed E-state index contributed by atoms with van der Waals surface area (Å²) in [6.45, 7) is 4.83. The van der Waals surface area contributed by atoms with Crippen LogP contribution < -0.4 is 14.8 Å². The molecule has 0 spiro atoms. The van der Waals surface area contributed by atoms with Crippen LogP contribution in [0.4, 0.5) is 5.69 Å². The second kappa shape index (κ2) is 8.69. The highest BCUT2D eigenvalue weighted by Crippen LogP contribution is 2.32. The van der Waals surface area contributed by atoms with E-state index in [1.165, 1.54) is 0 Å². The topological polar surface area (TPSA) is 73.6 Å². The molecule has 1 heterocycles. The molecule has 0 saturated heterocycles. The Morgan fingerprint density at radius 2 is 1.77 bits per heavy atom. The van der Waals surface area contributed by atoms with Crippen LogP contribution in [0.25, 0.3) is 22.2 Å². The van der Waals surface area contributed by atoms with Crippen LogP contribution >= 0.6 is 0 Å². The summed E-state index contributed by atoms with van der Waals surface area (Å²) in [5.41, 5.74) is 2.65. The Morgan fingerprint density at radius 3 is 2.53 bits per heavy atom. The highest BCUT2D eigenvalue weighted by atomic mass is 16.5. The number of hydrogen-bond donors (Lipinski definition) is 1. The van der Waals surface area contributed by atoms with E-state index in [2.05, 4.69) is 10.5 Å². The molecule has 3 aromatic carbocycles. The zero-order chi connectivity index (χ0) is 20.9. The molecule has 0 bridgehead atoms. The van der Waals surface area contributed by atoms with Gasteiger partial charge in [-0.25, -0.2) is 0 Å². The number of benzene rings is 3. The third kappa shape index (κ3) is 3.98. The zero-order valence-corrected chi connectivity index (χ0v) is 16.8. The molecule has 1 amide bonds. The molecular weight excluding hydrogens is 380 g/mol. The number of hydrogen-bond acceptors (Lipinski definition) is 5. The first kappa shape index (κ1) is 19.5. The third-order valence-electron chi connectivity index (χ3n) is 4.58. The number of nitrogens with zero attached hydrogens (tertiary/aromatic N) is 1. The highest BCUT2D eigenvalue weighted by Gasteiger charge is 2.16. The summed E-state index contributed by atoms with van der Waals surface area (Å²) in [4.78, 5) is 13.0. The maximum absolute atomic E-state index is 13.0. The lowest BCUT2D eigenvalue weighted by molar-refractivity contribution is 0.102. The van der Waals surface area contributed by atoms with Gasteiger partial charge in [0.2, 0.25) is 0 Å². The van der Waals surface area contributed by atoms with Gasteiger partial charge in [-0.1, -0.05) is 35.5 Å². The second-order valence-corrected chi connectivity index (χ2v) is 6.59. The number of carbonyl (C=O) groups is 1. The fourth-order valence-corrected chi connectivity index (χ4v) is 3.22. The Labute approximate surface area is 174 Å². The minimum atomic E-state index is -0.258. The number of fused-ring (bicyclic) bond motifs is 1. The molecule has 0 aliphatic rings. The summed E-state index contributed by atoms with van der Waals surface area (Å²) in [5.74, 6) is 1.63. The molecule has 30 heavy (non-hydrogen) atoms. The van der Waals surface area contributed by atoms with Crippen molar-refractivity contribution in [2.75, 3.05) is 18.5 Å². The Kier molecular flexibility index (Phi) is 5.66. The number of carbonyl (C=O) groups excluding carboxylic acids is 1. The van der Waals surface area contributed by atoms with Crippen LogP contribution in [-0.4, -0.2) is 24.3 Å². The molecule has 0 atom stereocenters. The van der Waals surface area contributed by atoms with Gasteiger partial charge in [-0.05, 0) is 44.2 Å². The SMILES string of the molecule is CCOc1ccc(OCC)c(NC(=O)c2ccc3noc(-c4ccccc4)c3c2)c1. The van der Waals surface area contributed by atoms with E-state index < -0.39 is 0 Å². The number of aromatic nitrogens is 1. The van der Waals surface area contributed by atoms with Gasteiger partial charge >= 0.3 is 0 Å². The van der Waals surface area contributed by atoms with Crippen LogP contribution in [0.15, 0.2) is 71.3 Å². The second-order valence-electron chi connectivity index (χ2n) is 6.59. The van der Waals surface area contributed by atoms with Crippen LogP contribution in [0.5, 0.6) is 11.5 Å². The lowest BCUT2D eigenvalue weighted by atomic mass is 10.1. The predicted octanol–water partition coefficient (Wildman–Crippen LogP) is 5.54. The first-order chi connectivity index (χ1) is 14.7. The van der Waals surface area contributed by atoms with Gasteiger partial charge < -0.3 is 19.3 Å². The minimum absolute atomic E-state index is 0.258. The molecule has 0 radical (unpaired) electrons. The number of ether oxygens (including phenoxy) is 2. The zero-order valence-electron chi connectivity index (χ0n) is 16.8. The maximum Gasteiger partial charge on any atom is 0.255 e. The van der Waals surface area contributed by atoms with Crippen LogP contribution in [0.3, 0.4) is 0 Å². The summed E-state index contributed by atoms with van der Waals surface area (Å²) in [6, 6.07) is 20.4. The summed E-state index contributed by atoms with van der Waals surface area (Å²) in [5, 5.41) is 7.82. The summed E-state index contributed by atoms with van der Waals surface area (Å²) in [7, 11) is 0. The molecule has 6 heteroatoms. The van der Waals surface area contributed by atoms with Crippen molar-refractivity contribution in [1.82, 2.24) is 5.16 Å². The van der Waals surface area contributed by atoms with E-state index in [-0.39, 0.29) is 5.91 Å². The Hall–Kier alpha value is -3.80. The third-order valence-corrected chi connectivity index (χ3v) is 4.58. The van der Waals surface area contributed by atoms with Gasteiger partial charge in [0, 0.05) is 17.2 Å². The van der Waals surface area contributed by atoms with Gasteiger partial charge in [0.05, 0.1) is 24.3 Å². The van der Waals surface area contributed by atoms with Crippen molar-refractivity contribution < 1.29 is 18.8 Å². The number of rotatable bonds is 7. The van der Waals surface area contributed by atoms with Gasteiger partial charge in [-0.2, -0.15) is 0 Å². The van der Waals surface area contributed by atoms with E-state index in [0.717, 1.165) is 10.9 Å². The molecule has 4 aromatic rings. The Balaban J connectivity index is 1.66. The van der Waals surface area contributed by atoms with Crippen LogP contribution in [0.1, 0.15) is 24.2 Å². The van der Waals surface area contributed by atoms with Crippen molar-refractivity contribution in [2.24, 2.45) is 0 Å². The maximum atomic E-state index is 13.0. The summed E-state index contributed by atoms with van der Waals surface area (Å²) >= 11 is 0. The summed E-state index contributed by atoms with van der Waals surface area (Å²) in [6.07, 6.45) is 0. The molecule has 4 rings (SSSR count). The van der Waals surface area contributed by atoms with Crippen LogP contribution in [0, 0.1) is 0 Å². The monoisotopic (exact) mass is 402 g/mol. The van der Waals surface area contributed by atoms with Crippen molar-refractivity contribution in [3.05, 3.63) is 72.3 Å². The molecule has 0 saturated carbocycles. The average Bonchev–Trinajstić information content (AvgIpc) is 3.20. The molecule has 152 valence electrons. The Bertz CT molecular complexity index is 1170. The normalized spacial score (nSPS) is 10.7. The number of nitrogens with one attached hydrogen (secondary N) is 1. The van der Waals surface area contributed by atoms with E-state index >= 15 is 0 Å². The molecule has 6 nitrogen and oxygen atoms in total. The van der Waals surface area contributed by atoms with Crippen molar-refractivity contribution >= 4 is 22.5 Å². The smallest absolute Gasteiger partial charge is 0.255 e. The molecule has 0 fully saturated rings. The minimum Gasteiger partial charge on any atom is -0.494 e. The molecule has 0 unspecified atom stereocenters. The van der Waals surface area contributed by atoms with Crippen molar-refractivity contribution in [2.45, 2.75) is 13.8 Å².